The molecule has 0 spiro atoms. The van der Waals surface area contributed by atoms with Gasteiger partial charge in [-0.3, -0.25) is 0 Å². The fraction of sp³-hybridized carbons (Fsp3) is 0.750. The van der Waals surface area contributed by atoms with E-state index in [0.29, 0.717) is 23.5 Å². The van der Waals surface area contributed by atoms with Gasteiger partial charge in [0, 0.05) is 16.3 Å². The molecular weight excluding hydrogens is 254 g/mol. The number of hydrogen-bond acceptors (Lipinski definition) is 3. The van der Waals surface area contributed by atoms with Crippen LogP contribution in [-0.4, -0.2) is 6.10 Å². The second-order valence-corrected chi connectivity index (χ2v) is 8.24. The van der Waals surface area contributed by atoms with Crippen molar-refractivity contribution in [2.45, 2.75) is 59.3 Å². The minimum absolute atomic E-state index is 0.367. The van der Waals surface area contributed by atoms with Crippen LogP contribution in [0.25, 0.3) is 0 Å². The summed E-state index contributed by atoms with van der Waals surface area (Å²) >= 11 is 1.79. The largest absolute Gasteiger partial charge is 0.372 e. The molecule has 106 valence electrons. The predicted octanol–water partition coefficient (Wildman–Crippen LogP) is 3.94. The van der Waals surface area contributed by atoms with E-state index in [1.165, 1.54) is 29.0 Å². The molecule has 3 rings (SSSR count). The quantitative estimate of drug-likeness (QED) is 0.906. The molecule has 0 radical (unpaired) electrons. The maximum Gasteiger partial charge on any atom is 0.0813 e. The molecule has 2 fully saturated rings. The first-order chi connectivity index (χ1) is 8.97. The first-order valence-electron chi connectivity index (χ1n) is 7.36. The van der Waals surface area contributed by atoms with Crippen molar-refractivity contribution in [3.8, 4) is 0 Å². The van der Waals surface area contributed by atoms with Gasteiger partial charge in [-0.15, -0.1) is 11.3 Å². The van der Waals surface area contributed by atoms with Gasteiger partial charge in [0.1, 0.15) is 0 Å². The first-order valence-corrected chi connectivity index (χ1v) is 8.18. The summed E-state index contributed by atoms with van der Waals surface area (Å²) in [6.45, 7) is 8.70. The molecule has 2 bridgehead atoms. The van der Waals surface area contributed by atoms with E-state index >= 15 is 0 Å². The van der Waals surface area contributed by atoms with Gasteiger partial charge in [0.15, 0.2) is 0 Å². The van der Waals surface area contributed by atoms with Gasteiger partial charge in [-0.1, -0.05) is 20.8 Å². The Bertz CT molecular complexity index is 467. The number of nitrogens with two attached hydrogens (primary N) is 1. The Balaban J connectivity index is 1.66. The van der Waals surface area contributed by atoms with E-state index in [-0.39, 0.29) is 0 Å². The predicted molar refractivity (Wildman–Crippen MR) is 80.0 cm³/mol. The van der Waals surface area contributed by atoms with E-state index in [0.717, 1.165) is 12.5 Å². The molecule has 0 aliphatic heterocycles. The van der Waals surface area contributed by atoms with Crippen LogP contribution in [0, 0.1) is 16.7 Å². The van der Waals surface area contributed by atoms with E-state index in [2.05, 4.69) is 32.9 Å². The monoisotopic (exact) mass is 279 g/mol. The molecule has 0 amide bonds. The number of fused-ring (bicyclic) bond motifs is 2. The van der Waals surface area contributed by atoms with Crippen molar-refractivity contribution in [1.82, 2.24) is 0 Å². The number of rotatable bonds is 4. The van der Waals surface area contributed by atoms with Gasteiger partial charge in [-0.25, -0.2) is 0 Å². The molecule has 3 heteroatoms. The average Bonchev–Trinajstić information content (AvgIpc) is 2.97. The first kappa shape index (κ1) is 13.6. The molecular formula is C16H25NOS. The summed E-state index contributed by atoms with van der Waals surface area (Å²) in [5, 5.41) is 0. The number of ether oxygens (including phenoxy) is 1. The Hall–Kier alpha value is -0.380. The minimum Gasteiger partial charge on any atom is -0.372 e. The van der Waals surface area contributed by atoms with Gasteiger partial charge < -0.3 is 10.5 Å². The van der Waals surface area contributed by atoms with Gasteiger partial charge in [0.2, 0.25) is 0 Å². The van der Waals surface area contributed by atoms with Crippen LogP contribution in [0.15, 0.2) is 12.1 Å². The SMILES string of the molecule is CC1(C)C2CCC1(C)C(OCc1ccc(CN)s1)C2. The summed E-state index contributed by atoms with van der Waals surface area (Å²) in [5.74, 6) is 0.852. The Morgan fingerprint density at radius 1 is 1.32 bits per heavy atom. The summed E-state index contributed by atoms with van der Waals surface area (Å²) < 4.78 is 6.29. The van der Waals surface area contributed by atoms with Crippen LogP contribution in [0.3, 0.4) is 0 Å². The van der Waals surface area contributed by atoms with E-state index in [1.807, 2.05) is 0 Å². The highest BCUT2D eigenvalue weighted by atomic mass is 32.1. The lowest BCUT2D eigenvalue weighted by Gasteiger charge is -2.38. The molecule has 1 aromatic rings. The molecule has 2 aliphatic rings. The molecule has 1 heterocycles. The molecule has 3 atom stereocenters. The van der Waals surface area contributed by atoms with E-state index < -0.39 is 0 Å². The second-order valence-electron chi connectivity index (χ2n) is 6.98. The lowest BCUT2D eigenvalue weighted by Crippen LogP contribution is -2.37. The molecule has 0 saturated heterocycles. The van der Waals surface area contributed by atoms with Crippen molar-refractivity contribution in [3.63, 3.8) is 0 Å². The van der Waals surface area contributed by atoms with Crippen molar-refractivity contribution in [2.75, 3.05) is 0 Å². The zero-order valence-electron chi connectivity index (χ0n) is 12.2. The zero-order chi connectivity index (χ0) is 13.7. The molecule has 1 aromatic heterocycles. The average molecular weight is 279 g/mol. The minimum atomic E-state index is 0.367. The van der Waals surface area contributed by atoms with E-state index in [9.17, 15) is 0 Å². The van der Waals surface area contributed by atoms with Crippen LogP contribution < -0.4 is 5.73 Å². The van der Waals surface area contributed by atoms with Crippen LogP contribution in [0.2, 0.25) is 0 Å². The Kier molecular flexibility index (Phi) is 3.27. The standard InChI is InChI=1S/C16H25NOS/c1-15(2)11-6-7-16(15,3)14(8-11)18-10-13-5-4-12(9-17)19-13/h4-5,11,14H,6-10,17H2,1-3H3. The van der Waals surface area contributed by atoms with Crippen LogP contribution in [0.4, 0.5) is 0 Å². The maximum atomic E-state index is 6.29. The summed E-state index contributed by atoms with van der Waals surface area (Å²) in [6, 6.07) is 4.28. The van der Waals surface area contributed by atoms with Crippen molar-refractivity contribution in [1.29, 1.82) is 0 Å². The smallest absolute Gasteiger partial charge is 0.0813 e. The van der Waals surface area contributed by atoms with Gasteiger partial charge in [0.05, 0.1) is 12.7 Å². The van der Waals surface area contributed by atoms with Crippen molar-refractivity contribution in [2.24, 2.45) is 22.5 Å². The van der Waals surface area contributed by atoms with Gasteiger partial charge in [-0.2, -0.15) is 0 Å². The van der Waals surface area contributed by atoms with Crippen LogP contribution in [0.1, 0.15) is 49.8 Å². The molecule has 2 saturated carbocycles. The van der Waals surface area contributed by atoms with Crippen molar-refractivity contribution in [3.05, 3.63) is 21.9 Å². The molecule has 0 aromatic carbocycles. The van der Waals surface area contributed by atoms with Gasteiger partial charge >= 0.3 is 0 Å². The third-order valence-corrected chi connectivity index (χ3v) is 7.14. The maximum absolute atomic E-state index is 6.29. The van der Waals surface area contributed by atoms with E-state index in [1.54, 1.807) is 11.3 Å². The van der Waals surface area contributed by atoms with Gasteiger partial charge in [-0.05, 0) is 48.1 Å². The fourth-order valence-electron chi connectivity index (χ4n) is 4.17. The summed E-state index contributed by atoms with van der Waals surface area (Å²) in [4.78, 5) is 2.56. The lowest BCUT2D eigenvalue weighted by atomic mass is 9.70. The zero-order valence-corrected chi connectivity index (χ0v) is 13.1. The van der Waals surface area contributed by atoms with Gasteiger partial charge in [0.25, 0.3) is 0 Å². The normalized spacial score (nSPS) is 36.0. The Morgan fingerprint density at radius 3 is 2.58 bits per heavy atom. The highest BCUT2D eigenvalue weighted by Gasteiger charge is 2.61. The molecule has 2 nitrogen and oxygen atoms in total. The van der Waals surface area contributed by atoms with Crippen molar-refractivity contribution < 1.29 is 4.74 Å². The number of thiophene rings is 1. The van der Waals surface area contributed by atoms with Crippen LogP contribution in [0.5, 0.6) is 0 Å². The Labute approximate surface area is 120 Å². The molecule has 2 aliphatic carbocycles. The fourth-order valence-corrected chi connectivity index (χ4v) is 4.99. The molecule has 3 unspecified atom stereocenters. The topological polar surface area (TPSA) is 35.2 Å². The highest BCUT2D eigenvalue weighted by Crippen LogP contribution is 2.66. The third-order valence-electron chi connectivity index (χ3n) is 6.06. The summed E-state index contributed by atoms with van der Waals surface area (Å²) in [7, 11) is 0. The molecule has 2 N–H and O–H groups in total. The van der Waals surface area contributed by atoms with Crippen molar-refractivity contribution >= 4 is 11.3 Å². The Morgan fingerprint density at radius 2 is 2.05 bits per heavy atom. The second kappa shape index (κ2) is 4.57. The number of hydrogen-bond donors (Lipinski definition) is 1. The van der Waals surface area contributed by atoms with E-state index in [4.69, 9.17) is 10.5 Å². The highest BCUT2D eigenvalue weighted by molar-refractivity contribution is 7.11. The van der Waals surface area contributed by atoms with Crippen LogP contribution in [-0.2, 0) is 17.9 Å². The van der Waals surface area contributed by atoms with Crippen LogP contribution >= 0.6 is 11.3 Å². The third kappa shape index (κ3) is 1.98. The summed E-state index contributed by atoms with van der Waals surface area (Å²) in [6.07, 6.45) is 4.40. The lowest BCUT2D eigenvalue weighted by molar-refractivity contribution is -0.0541. The summed E-state index contributed by atoms with van der Waals surface area (Å²) in [5.41, 5.74) is 6.46. The molecule has 19 heavy (non-hydrogen) atoms.